The van der Waals surface area contributed by atoms with Crippen molar-refractivity contribution in [2.75, 3.05) is 5.32 Å². The lowest BCUT2D eigenvalue weighted by Crippen LogP contribution is -2.14. The highest BCUT2D eigenvalue weighted by Gasteiger charge is 2.12. The Hall–Kier alpha value is -2.46. The van der Waals surface area contributed by atoms with Crippen molar-refractivity contribution < 1.29 is 4.39 Å². The Morgan fingerprint density at radius 1 is 0.905 bits per heavy atom. The van der Waals surface area contributed by atoms with Gasteiger partial charge in [0.2, 0.25) is 0 Å². The van der Waals surface area contributed by atoms with E-state index in [1.807, 2.05) is 42.5 Å². The molecule has 0 aromatic heterocycles. The first-order chi connectivity index (χ1) is 10.2. The number of rotatable bonds is 3. The molecule has 4 heteroatoms. The molecular weight excluding hydrogens is 283 g/mol. The van der Waals surface area contributed by atoms with E-state index in [2.05, 4.69) is 5.32 Å². The summed E-state index contributed by atoms with van der Waals surface area (Å²) >= 11 is 4.95. The van der Waals surface area contributed by atoms with Crippen LogP contribution in [0.2, 0.25) is 0 Å². The van der Waals surface area contributed by atoms with Crippen LogP contribution in [-0.4, -0.2) is 4.99 Å². The number of benzene rings is 3. The minimum atomic E-state index is -0.423. The predicted octanol–water partition coefficient (Wildman–Crippen LogP) is 4.36. The molecule has 0 aliphatic rings. The van der Waals surface area contributed by atoms with Crippen LogP contribution >= 0.6 is 12.2 Å². The van der Waals surface area contributed by atoms with E-state index in [-0.39, 0.29) is 10.6 Å². The van der Waals surface area contributed by atoms with Gasteiger partial charge in [0.15, 0.2) is 0 Å². The Morgan fingerprint density at radius 2 is 1.57 bits per heavy atom. The van der Waals surface area contributed by atoms with Crippen molar-refractivity contribution >= 4 is 39.4 Å². The molecule has 0 unspecified atom stereocenters. The normalized spacial score (nSPS) is 10.5. The second-order valence-corrected chi connectivity index (χ2v) is 5.12. The van der Waals surface area contributed by atoms with E-state index in [1.165, 1.54) is 6.07 Å². The molecule has 0 amide bonds. The van der Waals surface area contributed by atoms with Crippen LogP contribution in [-0.2, 0) is 0 Å². The number of thiocarbonyl (C=S) groups is 1. The summed E-state index contributed by atoms with van der Waals surface area (Å²) in [6.45, 7) is 0. The number of fused-ring (bicyclic) bond motifs is 1. The molecule has 0 atom stereocenters. The standard InChI is InChI=1S/C17H13FN2S/c18-13-8-4-10-15(16(13)17(19)21)20-14-9-3-6-11-5-1-2-7-12(11)14/h1-10,20H,(H2,19,21). The molecule has 3 rings (SSSR count). The molecule has 3 aromatic rings. The Balaban J connectivity index is 2.12. The van der Waals surface area contributed by atoms with E-state index in [9.17, 15) is 4.39 Å². The number of anilines is 2. The quantitative estimate of drug-likeness (QED) is 0.705. The van der Waals surface area contributed by atoms with Crippen molar-refractivity contribution in [1.82, 2.24) is 0 Å². The summed E-state index contributed by atoms with van der Waals surface area (Å²) in [5, 5.41) is 5.39. The average Bonchev–Trinajstić information content (AvgIpc) is 2.47. The fourth-order valence-corrected chi connectivity index (χ4v) is 2.57. The van der Waals surface area contributed by atoms with E-state index in [0.717, 1.165) is 16.5 Å². The van der Waals surface area contributed by atoms with Crippen LogP contribution in [0.3, 0.4) is 0 Å². The highest BCUT2D eigenvalue weighted by Crippen LogP contribution is 2.28. The number of halogens is 1. The van der Waals surface area contributed by atoms with Crippen molar-refractivity contribution in [2.24, 2.45) is 5.73 Å². The Kier molecular flexibility index (Phi) is 3.54. The molecule has 2 nitrogen and oxygen atoms in total. The first kappa shape index (κ1) is 13.5. The molecule has 3 N–H and O–H groups in total. The van der Waals surface area contributed by atoms with Gasteiger partial charge in [-0.15, -0.1) is 0 Å². The number of nitrogens with one attached hydrogen (secondary N) is 1. The highest BCUT2D eigenvalue weighted by atomic mass is 32.1. The molecule has 0 heterocycles. The molecule has 104 valence electrons. The van der Waals surface area contributed by atoms with Gasteiger partial charge in [-0.3, -0.25) is 0 Å². The maximum atomic E-state index is 13.9. The summed E-state index contributed by atoms with van der Waals surface area (Å²) in [5.41, 5.74) is 7.32. The zero-order valence-corrected chi connectivity index (χ0v) is 12.0. The van der Waals surface area contributed by atoms with Crippen LogP contribution in [0, 0.1) is 5.82 Å². The lowest BCUT2D eigenvalue weighted by molar-refractivity contribution is 0.626. The van der Waals surface area contributed by atoms with Crippen LogP contribution in [0.15, 0.2) is 60.7 Å². The van der Waals surface area contributed by atoms with Gasteiger partial charge in [0.25, 0.3) is 0 Å². The molecule has 0 saturated carbocycles. The van der Waals surface area contributed by atoms with Crippen LogP contribution in [0.4, 0.5) is 15.8 Å². The zero-order chi connectivity index (χ0) is 14.8. The van der Waals surface area contributed by atoms with Crippen molar-refractivity contribution in [3.8, 4) is 0 Å². The lowest BCUT2D eigenvalue weighted by Gasteiger charge is -2.13. The van der Waals surface area contributed by atoms with Gasteiger partial charge in [-0.1, -0.05) is 54.7 Å². The topological polar surface area (TPSA) is 38.0 Å². The predicted molar refractivity (Wildman–Crippen MR) is 89.5 cm³/mol. The second kappa shape index (κ2) is 5.50. The summed E-state index contributed by atoms with van der Waals surface area (Å²) in [6.07, 6.45) is 0. The summed E-state index contributed by atoms with van der Waals surface area (Å²) in [4.78, 5) is 0.0378. The molecule has 3 aromatic carbocycles. The maximum absolute atomic E-state index is 13.9. The minimum absolute atomic E-state index is 0.0378. The minimum Gasteiger partial charge on any atom is -0.389 e. The SMILES string of the molecule is NC(=S)c1c(F)cccc1Nc1cccc2ccccc12. The Morgan fingerprint density at radius 3 is 2.38 bits per heavy atom. The third-order valence-corrected chi connectivity index (χ3v) is 3.52. The van der Waals surface area contributed by atoms with Crippen molar-refractivity contribution in [3.05, 3.63) is 72.0 Å². The fourth-order valence-electron chi connectivity index (χ4n) is 2.36. The Labute approximate surface area is 127 Å². The van der Waals surface area contributed by atoms with Gasteiger partial charge in [-0.25, -0.2) is 4.39 Å². The fraction of sp³-hybridized carbons (Fsp3) is 0. The van der Waals surface area contributed by atoms with Crippen molar-refractivity contribution in [2.45, 2.75) is 0 Å². The van der Waals surface area contributed by atoms with Crippen LogP contribution in [0.25, 0.3) is 10.8 Å². The van der Waals surface area contributed by atoms with Crippen molar-refractivity contribution in [3.63, 3.8) is 0 Å². The van der Waals surface area contributed by atoms with E-state index in [4.69, 9.17) is 18.0 Å². The van der Waals surface area contributed by atoms with Gasteiger partial charge in [-0.2, -0.15) is 0 Å². The van der Waals surface area contributed by atoms with Gasteiger partial charge in [0.05, 0.1) is 11.3 Å². The van der Waals surface area contributed by atoms with Gasteiger partial charge < -0.3 is 11.1 Å². The molecular formula is C17H13FN2S. The first-order valence-corrected chi connectivity index (χ1v) is 6.91. The maximum Gasteiger partial charge on any atom is 0.135 e. The molecule has 0 saturated heterocycles. The molecule has 21 heavy (non-hydrogen) atoms. The van der Waals surface area contributed by atoms with Gasteiger partial charge >= 0.3 is 0 Å². The summed E-state index contributed by atoms with van der Waals surface area (Å²) in [6, 6.07) is 18.6. The molecule has 0 aliphatic heterocycles. The monoisotopic (exact) mass is 296 g/mol. The van der Waals surface area contributed by atoms with Crippen LogP contribution < -0.4 is 11.1 Å². The van der Waals surface area contributed by atoms with Crippen LogP contribution in [0.5, 0.6) is 0 Å². The average molecular weight is 296 g/mol. The van der Waals surface area contributed by atoms with Gasteiger partial charge in [0.1, 0.15) is 10.8 Å². The zero-order valence-electron chi connectivity index (χ0n) is 11.1. The van der Waals surface area contributed by atoms with Gasteiger partial charge in [0, 0.05) is 11.1 Å². The second-order valence-electron chi connectivity index (χ2n) is 4.68. The Bertz CT molecular complexity index is 825. The highest BCUT2D eigenvalue weighted by molar-refractivity contribution is 7.80. The molecule has 0 fully saturated rings. The molecule has 0 bridgehead atoms. The van der Waals surface area contributed by atoms with E-state index < -0.39 is 5.82 Å². The number of hydrogen-bond donors (Lipinski definition) is 2. The lowest BCUT2D eigenvalue weighted by atomic mass is 10.1. The van der Waals surface area contributed by atoms with E-state index >= 15 is 0 Å². The summed E-state index contributed by atoms with van der Waals surface area (Å²) in [7, 11) is 0. The van der Waals surface area contributed by atoms with E-state index in [0.29, 0.717) is 5.69 Å². The molecule has 0 aliphatic carbocycles. The first-order valence-electron chi connectivity index (χ1n) is 6.50. The molecule has 0 radical (unpaired) electrons. The molecule has 0 spiro atoms. The third-order valence-electron chi connectivity index (χ3n) is 3.32. The third kappa shape index (κ3) is 2.58. The largest absolute Gasteiger partial charge is 0.389 e. The number of nitrogens with two attached hydrogens (primary N) is 1. The van der Waals surface area contributed by atoms with Crippen molar-refractivity contribution in [1.29, 1.82) is 0 Å². The van der Waals surface area contributed by atoms with Gasteiger partial charge in [-0.05, 0) is 23.6 Å². The smallest absolute Gasteiger partial charge is 0.135 e. The summed E-state index contributed by atoms with van der Waals surface area (Å²) in [5.74, 6) is -0.423. The summed E-state index contributed by atoms with van der Waals surface area (Å²) < 4.78 is 13.9. The van der Waals surface area contributed by atoms with E-state index in [1.54, 1.807) is 12.1 Å². The van der Waals surface area contributed by atoms with Crippen LogP contribution in [0.1, 0.15) is 5.56 Å². The number of hydrogen-bond acceptors (Lipinski definition) is 2.